The highest BCUT2D eigenvalue weighted by Gasteiger charge is 2.64. The number of aliphatic hydroxyl groups is 2. The van der Waals surface area contributed by atoms with Gasteiger partial charge >= 0.3 is 12.1 Å². The van der Waals surface area contributed by atoms with E-state index in [4.69, 9.17) is 35.3 Å². The van der Waals surface area contributed by atoms with Crippen molar-refractivity contribution in [3.63, 3.8) is 0 Å². The summed E-state index contributed by atoms with van der Waals surface area (Å²) in [4.78, 5) is 43.3. The molecular weight excluding hydrogens is 690 g/mol. The number of nitrogens with one attached hydrogen (secondary N) is 1. The molecule has 3 aliphatic heterocycles. The second kappa shape index (κ2) is 16.2. The number of hydrogen-bond donors (Lipinski definition) is 4. The zero-order valence-electron chi connectivity index (χ0n) is 29.8. The number of rotatable bonds is 8. The minimum Gasteiger partial charge on any atom is -0.495 e. The van der Waals surface area contributed by atoms with E-state index in [1.54, 1.807) is 59.2 Å². The topological polar surface area (TPSA) is 160 Å². The van der Waals surface area contributed by atoms with Crippen LogP contribution in [0.2, 0.25) is 5.02 Å². The van der Waals surface area contributed by atoms with E-state index < -0.39 is 71.9 Å². The number of anilines is 1. The highest BCUT2D eigenvalue weighted by atomic mass is 35.5. The van der Waals surface area contributed by atoms with Gasteiger partial charge in [0.05, 0.1) is 25.3 Å². The molecule has 13 nitrogen and oxygen atoms in total. The monoisotopic (exact) mass is 739 g/mol. The minimum absolute atomic E-state index is 0.0392. The number of amides is 2. The molecule has 15 heteroatoms. The van der Waals surface area contributed by atoms with Crippen molar-refractivity contribution in [2.45, 2.75) is 101 Å². The zero-order valence-corrected chi connectivity index (χ0v) is 31.5. The van der Waals surface area contributed by atoms with E-state index >= 15 is 0 Å². The molecule has 278 valence electrons. The van der Waals surface area contributed by atoms with Gasteiger partial charge in [-0.3, -0.25) is 19.8 Å². The van der Waals surface area contributed by atoms with Crippen molar-refractivity contribution in [1.29, 1.82) is 0 Å². The van der Waals surface area contributed by atoms with Crippen LogP contribution in [0.4, 0.5) is 10.5 Å². The molecule has 2 fully saturated rings. The number of halogens is 1. The summed E-state index contributed by atoms with van der Waals surface area (Å²) in [6.07, 6.45) is 0.464. The predicted octanol–water partition coefficient (Wildman–Crippen LogP) is 3.63. The fraction of sp³-hybridized carbons (Fsp3) is 0.629. The fourth-order valence-corrected chi connectivity index (χ4v) is 7.13. The van der Waals surface area contributed by atoms with Crippen LogP contribution in [0.5, 0.6) is 5.75 Å². The van der Waals surface area contributed by atoms with Crippen LogP contribution in [0.25, 0.3) is 0 Å². The van der Waals surface area contributed by atoms with Crippen LogP contribution in [0.15, 0.2) is 35.9 Å². The van der Waals surface area contributed by atoms with E-state index in [1.807, 2.05) is 13.0 Å². The van der Waals surface area contributed by atoms with Crippen LogP contribution < -0.4 is 15.0 Å². The van der Waals surface area contributed by atoms with Gasteiger partial charge in [0.2, 0.25) is 5.91 Å². The first-order valence-electron chi connectivity index (χ1n) is 16.6. The summed E-state index contributed by atoms with van der Waals surface area (Å²) in [5.74, 6) is -0.811. The third-order valence-corrected chi connectivity index (χ3v) is 10.7. The van der Waals surface area contributed by atoms with Crippen molar-refractivity contribution in [3.05, 3.63) is 46.5 Å². The van der Waals surface area contributed by atoms with Crippen LogP contribution >= 0.6 is 24.2 Å². The summed E-state index contributed by atoms with van der Waals surface area (Å²) in [7, 11) is 6.11. The summed E-state index contributed by atoms with van der Waals surface area (Å²) in [5, 5.41) is 25.0. The molecule has 50 heavy (non-hydrogen) atoms. The Morgan fingerprint density at radius 2 is 2.00 bits per heavy atom. The molecule has 4 bridgehead atoms. The molecule has 0 spiro atoms. The van der Waals surface area contributed by atoms with Crippen molar-refractivity contribution < 1.29 is 48.3 Å². The van der Waals surface area contributed by atoms with Crippen LogP contribution in [-0.2, 0) is 35.0 Å². The summed E-state index contributed by atoms with van der Waals surface area (Å²) in [6, 6.07) is 2.72. The SMILES string of the molecule is COc1cc2cc(c1Cl)N(C)C(=O)C[C@H](OC(=O)C(C)N(C)C(O)CCS)[C@]1(C)O[C@H]1[C@H](C)[C@@H]1C[C@@](O)(NC(=O)O1)[C@H](OC)/C=C/C=C(\C)C2. The lowest BCUT2D eigenvalue weighted by molar-refractivity contribution is -0.162. The normalized spacial score (nSPS) is 33.3. The number of esters is 1. The minimum atomic E-state index is -1.81. The van der Waals surface area contributed by atoms with Crippen LogP contribution in [0.1, 0.15) is 52.5 Å². The first-order chi connectivity index (χ1) is 23.5. The van der Waals surface area contributed by atoms with E-state index in [0.29, 0.717) is 30.0 Å². The van der Waals surface area contributed by atoms with Crippen molar-refractivity contribution in [3.8, 4) is 5.75 Å². The van der Waals surface area contributed by atoms with E-state index in [-0.39, 0.29) is 17.9 Å². The van der Waals surface area contributed by atoms with E-state index in [1.165, 1.54) is 24.0 Å². The van der Waals surface area contributed by atoms with Gasteiger partial charge in [0.1, 0.15) is 47.0 Å². The van der Waals surface area contributed by atoms with Gasteiger partial charge in [0.15, 0.2) is 5.72 Å². The van der Waals surface area contributed by atoms with Crippen LogP contribution in [0.3, 0.4) is 0 Å². The highest BCUT2D eigenvalue weighted by Crippen LogP contribution is 2.49. The smallest absolute Gasteiger partial charge is 0.409 e. The number of carbonyl (C=O) groups is 3. The second-order valence-electron chi connectivity index (χ2n) is 13.6. The molecule has 0 radical (unpaired) electrons. The summed E-state index contributed by atoms with van der Waals surface area (Å²) in [5.41, 5.74) is -0.846. The van der Waals surface area contributed by atoms with E-state index in [0.717, 1.165) is 11.1 Å². The van der Waals surface area contributed by atoms with E-state index in [9.17, 15) is 24.6 Å². The number of allylic oxidation sites excluding steroid dienone is 3. The summed E-state index contributed by atoms with van der Waals surface area (Å²) >= 11 is 10.9. The second-order valence-corrected chi connectivity index (χ2v) is 14.4. The van der Waals surface area contributed by atoms with Gasteiger partial charge in [-0.15, -0.1) is 0 Å². The van der Waals surface area contributed by atoms with Gasteiger partial charge in [-0.2, -0.15) is 12.6 Å². The fourth-order valence-electron chi connectivity index (χ4n) is 6.59. The van der Waals surface area contributed by atoms with Crippen molar-refractivity contribution in [2.24, 2.45) is 5.92 Å². The Bertz CT molecular complexity index is 1490. The van der Waals surface area contributed by atoms with Gasteiger partial charge in [0.25, 0.3) is 0 Å². The molecule has 4 rings (SSSR count). The third kappa shape index (κ3) is 8.60. The first-order valence-corrected chi connectivity index (χ1v) is 17.6. The molecule has 1 aromatic rings. The first kappa shape index (κ1) is 39.9. The largest absolute Gasteiger partial charge is 0.495 e. The number of benzene rings is 1. The molecule has 9 atom stereocenters. The zero-order chi connectivity index (χ0) is 37.1. The average molecular weight is 740 g/mol. The number of fused-ring (bicyclic) bond motifs is 5. The lowest BCUT2D eigenvalue weighted by Crippen LogP contribution is -2.63. The maximum atomic E-state index is 14.1. The summed E-state index contributed by atoms with van der Waals surface area (Å²) in [6.45, 7) is 7.06. The maximum Gasteiger partial charge on any atom is 0.409 e. The highest BCUT2D eigenvalue weighted by molar-refractivity contribution is 7.80. The number of epoxide rings is 1. The standard InChI is InChI=1S/C35H50ClN3O10S/c1-19-10-9-11-26(46-8)35(44)18-25(47-33(43)37-35)20(2)31-34(4,49-31)27(48-32(42)21(3)38(5)28(40)12-13-50)17-29(41)39(6)23-15-22(14-19)16-24(45-7)30(23)36/h9-11,15-16,20-21,25-28,31,40,44,50H,12-14,17-18H2,1-8H3,(H,37,43)/b11-9+,19-10+/t20-,21?,25+,26-,27+,28?,31+,34+,35+/m1/s1. The molecule has 0 aliphatic carbocycles. The van der Waals surface area contributed by atoms with E-state index in [2.05, 4.69) is 17.9 Å². The van der Waals surface area contributed by atoms with Crippen molar-refractivity contribution >= 4 is 47.9 Å². The number of methoxy groups -OCH3 is 2. The number of thiol groups is 1. The third-order valence-electron chi connectivity index (χ3n) is 10.0. The number of hydrogen-bond acceptors (Lipinski definition) is 12. The van der Waals surface area contributed by atoms with Gasteiger partial charge in [0, 0.05) is 26.5 Å². The average Bonchev–Trinajstić information content (AvgIpc) is 3.76. The van der Waals surface area contributed by atoms with Gasteiger partial charge in [-0.25, -0.2) is 4.79 Å². The number of alkyl carbamates (subject to hydrolysis) is 1. The molecule has 2 amide bonds. The Morgan fingerprint density at radius 3 is 2.64 bits per heavy atom. The Morgan fingerprint density at radius 1 is 1.30 bits per heavy atom. The maximum absolute atomic E-state index is 14.1. The quantitative estimate of drug-likeness (QED) is 0.134. The van der Waals surface area contributed by atoms with Crippen molar-refractivity contribution in [1.82, 2.24) is 10.2 Å². The number of carbonyl (C=O) groups excluding carboxylic acids is 3. The van der Waals surface area contributed by atoms with Gasteiger partial charge in [-0.05, 0) is 64.1 Å². The van der Waals surface area contributed by atoms with Gasteiger partial charge in [-0.1, -0.05) is 42.3 Å². The van der Waals surface area contributed by atoms with Crippen LogP contribution in [0, 0.1) is 5.92 Å². The predicted molar refractivity (Wildman–Crippen MR) is 190 cm³/mol. The lowest BCUT2D eigenvalue weighted by atomic mass is 9.83. The molecule has 2 saturated heterocycles. The number of aliphatic hydroxyl groups excluding tert-OH is 1. The van der Waals surface area contributed by atoms with Crippen molar-refractivity contribution in [2.75, 3.05) is 39.0 Å². The Balaban J connectivity index is 1.77. The molecule has 3 aliphatic rings. The Hall–Kier alpha value is -2.85. The van der Waals surface area contributed by atoms with Crippen LogP contribution in [-0.4, -0.2) is 115 Å². The number of ether oxygens (including phenoxy) is 5. The molecule has 3 N–H and O–H groups in total. The molecule has 0 saturated carbocycles. The lowest BCUT2D eigenvalue weighted by Gasteiger charge is -2.42. The molecule has 3 heterocycles. The Labute approximate surface area is 304 Å². The summed E-state index contributed by atoms with van der Waals surface area (Å²) < 4.78 is 29.1. The molecule has 2 unspecified atom stereocenters. The molecular formula is C35H50ClN3O10S. The Kier molecular flexibility index (Phi) is 13.0. The molecule has 1 aromatic carbocycles. The molecule has 0 aromatic heterocycles. The van der Waals surface area contributed by atoms with Gasteiger partial charge < -0.3 is 38.8 Å². The number of likely N-dealkylation sites (N-methyl/N-ethyl adjacent to an activating group) is 1. The number of nitrogens with zero attached hydrogens (tertiary/aromatic N) is 2.